The first kappa shape index (κ1) is 23.2. The van der Waals surface area contributed by atoms with Gasteiger partial charge >= 0.3 is 0 Å². The van der Waals surface area contributed by atoms with Gasteiger partial charge in [-0.1, -0.05) is 74.9 Å². The lowest BCUT2D eigenvalue weighted by molar-refractivity contribution is 0.102. The lowest BCUT2D eigenvalue weighted by atomic mass is 9.87. The van der Waals surface area contributed by atoms with Crippen molar-refractivity contribution in [1.29, 1.82) is 0 Å². The smallest absolute Gasteiger partial charge is 0.261 e. The minimum Gasteiger partial charge on any atom is -0.383 e. The standard InChI is InChI=1S/C29H28N6O/c1-18-9-15-21(16-10-18)32-28(36)24-25-27(34-23-8-6-5-7-22(23)33-25)35(26(24)30)31-17-19-11-13-20(14-12-19)29(2,3)4/h5-17H,30H2,1-4H3,(H,32,36)/b31-17-. The summed E-state index contributed by atoms with van der Waals surface area (Å²) in [5, 5.41) is 7.53. The van der Waals surface area contributed by atoms with Crippen LogP contribution in [0.25, 0.3) is 22.2 Å². The van der Waals surface area contributed by atoms with Crippen molar-refractivity contribution < 1.29 is 4.79 Å². The second-order valence-electron chi connectivity index (χ2n) is 9.89. The van der Waals surface area contributed by atoms with Crippen LogP contribution in [0.2, 0.25) is 0 Å². The van der Waals surface area contributed by atoms with Crippen LogP contribution in [0.3, 0.4) is 0 Å². The molecule has 0 aliphatic heterocycles. The van der Waals surface area contributed by atoms with Gasteiger partial charge in [0.25, 0.3) is 5.91 Å². The maximum absolute atomic E-state index is 13.4. The predicted octanol–water partition coefficient (Wildman–Crippen LogP) is 5.91. The fraction of sp³-hybridized carbons (Fsp3) is 0.172. The van der Waals surface area contributed by atoms with Gasteiger partial charge in [0.1, 0.15) is 16.9 Å². The molecule has 2 heterocycles. The lowest BCUT2D eigenvalue weighted by Crippen LogP contribution is -2.14. The molecular weight excluding hydrogens is 448 g/mol. The fourth-order valence-corrected chi connectivity index (χ4v) is 4.01. The van der Waals surface area contributed by atoms with Crippen LogP contribution in [0.1, 0.15) is 47.8 Å². The number of carbonyl (C=O) groups is 1. The molecule has 0 aliphatic carbocycles. The number of aryl methyl sites for hydroxylation is 1. The third-order valence-corrected chi connectivity index (χ3v) is 6.11. The van der Waals surface area contributed by atoms with E-state index in [0.717, 1.165) is 11.1 Å². The number of hydrogen-bond acceptors (Lipinski definition) is 5. The fourth-order valence-electron chi connectivity index (χ4n) is 4.01. The molecule has 0 unspecified atom stereocenters. The summed E-state index contributed by atoms with van der Waals surface area (Å²) >= 11 is 0. The average molecular weight is 477 g/mol. The van der Waals surface area contributed by atoms with Crippen molar-refractivity contribution in [2.45, 2.75) is 33.1 Å². The number of amides is 1. The molecule has 7 nitrogen and oxygen atoms in total. The number of aromatic nitrogens is 3. The predicted molar refractivity (Wildman–Crippen MR) is 147 cm³/mol. The van der Waals surface area contributed by atoms with Gasteiger partial charge in [-0.3, -0.25) is 4.79 Å². The monoisotopic (exact) mass is 476 g/mol. The molecule has 0 bridgehead atoms. The van der Waals surface area contributed by atoms with Crippen molar-refractivity contribution >= 4 is 45.8 Å². The van der Waals surface area contributed by atoms with Crippen LogP contribution in [0.4, 0.5) is 11.5 Å². The molecule has 1 amide bonds. The molecule has 0 spiro atoms. The number of nitrogens with two attached hydrogens (primary N) is 1. The maximum atomic E-state index is 13.4. The molecule has 0 atom stereocenters. The van der Waals surface area contributed by atoms with Gasteiger partial charge in [-0.15, -0.1) is 0 Å². The van der Waals surface area contributed by atoms with E-state index < -0.39 is 0 Å². The molecule has 3 N–H and O–H groups in total. The van der Waals surface area contributed by atoms with Gasteiger partial charge in [-0.05, 0) is 47.7 Å². The highest BCUT2D eigenvalue weighted by molar-refractivity contribution is 6.16. The Balaban J connectivity index is 1.60. The second-order valence-corrected chi connectivity index (χ2v) is 9.89. The van der Waals surface area contributed by atoms with Crippen LogP contribution in [0.15, 0.2) is 77.9 Å². The van der Waals surface area contributed by atoms with Gasteiger partial charge in [-0.2, -0.15) is 9.78 Å². The number of hydrogen-bond donors (Lipinski definition) is 2. The molecule has 0 radical (unpaired) electrons. The topological polar surface area (TPSA) is 98.2 Å². The maximum Gasteiger partial charge on any atom is 0.261 e. The van der Waals surface area contributed by atoms with E-state index in [1.165, 1.54) is 10.2 Å². The van der Waals surface area contributed by atoms with E-state index in [9.17, 15) is 4.79 Å². The van der Waals surface area contributed by atoms with E-state index in [1.54, 1.807) is 6.21 Å². The first-order valence-corrected chi connectivity index (χ1v) is 11.8. The van der Waals surface area contributed by atoms with Crippen molar-refractivity contribution in [2.75, 3.05) is 11.1 Å². The molecule has 0 fully saturated rings. The van der Waals surface area contributed by atoms with Gasteiger partial charge in [0.05, 0.1) is 17.2 Å². The summed E-state index contributed by atoms with van der Waals surface area (Å²) in [4.78, 5) is 22.8. The van der Waals surface area contributed by atoms with Crippen LogP contribution in [-0.4, -0.2) is 26.8 Å². The van der Waals surface area contributed by atoms with Crippen LogP contribution in [0, 0.1) is 6.92 Å². The Morgan fingerprint density at radius 3 is 2.22 bits per heavy atom. The third kappa shape index (κ3) is 4.43. The molecule has 3 aromatic carbocycles. The Bertz CT molecular complexity index is 1610. The Labute approximate surface area is 209 Å². The van der Waals surface area contributed by atoms with Crippen LogP contribution >= 0.6 is 0 Å². The number of rotatable bonds is 4. The molecule has 0 saturated heterocycles. The van der Waals surface area contributed by atoms with Crippen LogP contribution in [0.5, 0.6) is 0 Å². The van der Waals surface area contributed by atoms with Crippen molar-refractivity contribution in [3.8, 4) is 0 Å². The zero-order valence-corrected chi connectivity index (χ0v) is 20.8. The molecule has 5 aromatic rings. The van der Waals surface area contributed by atoms with E-state index in [1.807, 2.05) is 67.6 Å². The summed E-state index contributed by atoms with van der Waals surface area (Å²) in [6, 6.07) is 23.3. The third-order valence-electron chi connectivity index (χ3n) is 6.11. The highest BCUT2D eigenvalue weighted by atomic mass is 16.1. The Morgan fingerprint density at radius 2 is 1.58 bits per heavy atom. The normalized spacial score (nSPS) is 12.0. The lowest BCUT2D eigenvalue weighted by Gasteiger charge is -2.18. The molecule has 5 rings (SSSR count). The Kier molecular flexibility index (Phi) is 5.76. The number of nitrogens with one attached hydrogen (secondary N) is 1. The minimum absolute atomic E-state index is 0.0626. The van der Waals surface area contributed by atoms with Crippen molar-refractivity contribution in [2.24, 2.45) is 5.10 Å². The highest BCUT2D eigenvalue weighted by Crippen LogP contribution is 2.29. The molecule has 36 heavy (non-hydrogen) atoms. The van der Waals surface area contributed by atoms with Crippen LogP contribution < -0.4 is 11.1 Å². The Morgan fingerprint density at radius 1 is 0.944 bits per heavy atom. The second kappa shape index (κ2) is 8.92. The van der Waals surface area contributed by atoms with Crippen molar-refractivity contribution in [3.63, 3.8) is 0 Å². The van der Waals surface area contributed by atoms with Crippen molar-refractivity contribution in [1.82, 2.24) is 14.6 Å². The molecular formula is C29H28N6O. The zero-order valence-electron chi connectivity index (χ0n) is 20.8. The van der Waals surface area contributed by atoms with Gasteiger partial charge in [0, 0.05) is 5.69 Å². The first-order valence-electron chi connectivity index (χ1n) is 11.8. The van der Waals surface area contributed by atoms with Gasteiger partial charge < -0.3 is 11.1 Å². The molecule has 2 aromatic heterocycles. The number of para-hydroxylation sites is 2. The summed E-state index contributed by atoms with van der Waals surface area (Å²) in [5.74, 6) is -0.193. The number of fused-ring (bicyclic) bond motifs is 2. The SMILES string of the molecule is Cc1ccc(NC(=O)c2c(N)n(/N=C\c3ccc(C(C)(C)C)cc3)c3nc4ccccc4nc23)cc1. The average Bonchev–Trinajstić information content (AvgIpc) is 3.12. The summed E-state index contributed by atoms with van der Waals surface area (Å²) in [6.45, 7) is 8.52. The quantitative estimate of drug-likeness (QED) is 0.315. The summed E-state index contributed by atoms with van der Waals surface area (Å²) in [5.41, 5.74) is 12.9. The van der Waals surface area contributed by atoms with E-state index in [-0.39, 0.29) is 22.7 Å². The van der Waals surface area contributed by atoms with Gasteiger partial charge in [-0.25, -0.2) is 9.97 Å². The Hall–Kier alpha value is -4.52. The summed E-state index contributed by atoms with van der Waals surface area (Å²) < 4.78 is 1.48. The van der Waals surface area contributed by atoms with Gasteiger partial charge in [0.15, 0.2) is 5.65 Å². The highest BCUT2D eigenvalue weighted by Gasteiger charge is 2.24. The van der Waals surface area contributed by atoms with Gasteiger partial charge in [0.2, 0.25) is 0 Å². The van der Waals surface area contributed by atoms with E-state index in [0.29, 0.717) is 27.9 Å². The number of carbonyl (C=O) groups excluding carboxylic acids is 1. The summed E-state index contributed by atoms with van der Waals surface area (Å²) in [7, 11) is 0. The van der Waals surface area contributed by atoms with Crippen molar-refractivity contribution in [3.05, 3.63) is 95.1 Å². The largest absolute Gasteiger partial charge is 0.383 e. The first-order chi connectivity index (χ1) is 17.2. The molecule has 7 heteroatoms. The van der Waals surface area contributed by atoms with E-state index in [2.05, 4.69) is 43.3 Å². The number of nitrogen functional groups attached to an aromatic ring is 1. The van der Waals surface area contributed by atoms with E-state index >= 15 is 0 Å². The molecule has 180 valence electrons. The molecule has 0 saturated carbocycles. The number of benzene rings is 3. The number of nitrogens with zero attached hydrogens (tertiary/aromatic N) is 4. The van der Waals surface area contributed by atoms with Crippen LogP contribution in [-0.2, 0) is 5.41 Å². The minimum atomic E-state index is -0.366. The zero-order chi connectivity index (χ0) is 25.4. The summed E-state index contributed by atoms with van der Waals surface area (Å²) in [6.07, 6.45) is 1.71. The van der Waals surface area contributed by atoms with E-state index in [4.69, 9.17) is 15.7 Å². The molecule has 0 aliphatic rings. The number of anilines is 2.